The average Bonchev–Trinajstić information content (AvgIpc) is 2.21. The molecule has 1 N–H and O–H groups in total. The highest BCUT2D eigenvalue weighted by Gasteiger charge is 2.06. The van der Waals surface area contributed by atoms with Crippen molar-refractivity contribution in [3.8, 4) is 5.75 Å². The monoisotopic (exact) mass is 203 g/mol. The van der Waals surface area contributed by atoms with Gasteiger partial charge < -0.3 is 5.11 Å². The van der Waals surface area contributed by atoms with Crippen LogP contribution in [0.25, 0.3) is 0 Å². The van der Waals surface area contributed by atoms with E-state index in [1.165, 1.54) is 0 Å². The molecule has 0 saturated heterocycles. The van der Waals surface area contributed by atoms with E-state index >= 15 is 0 Å². The van der Waals surface area contributed by atoms with Crippen molar-refractivity contribution < 1.29 is 5.11 Å². The molecule has 0 bridgehead atoms. The van der Waals surface area contributed by atoms with Crippen LogP contribution in [0.3, 0.4) is 0 Å². The van der Waals surface area contributed by atoms with Crippen LogP contribution >= 0.6 is 0 Å². The van der Waals surface area contributed by atoms with Gasteiger partial charge in [0.2, 0.25) is 0 Å². The molecule has 0 unspecified atom stereocenters. The maximum atomic E-state index is 9.81. The summed E-state index contributed by atoms with van der Waals surface area (Å²) in [6.07, 6.45) is 2.54. The van der Waals surface area contributed by atoms with Gasteiger partial charge in [0.15, 0.2) is 0 Å². The van der Waals surface area contributed by atoms with Crippen LogP contribution in [0.1, 0.15) is 25.0 Å². The fraction of sp³-hybridized carbons (Fsp3) is 0.308. The number of aromatic hydroxyl groups is 1. The molecule has 0 aliphatic carbocycles. The molecule has 0 atom stereocenters. The second-order valence-electron chi connectivity index (χ2n) is 3.60. The van der Waals surface area contributed by atoms with Crippen LogP contribution in [-0.2, 0) is 6.42 Å². The number of phenolic OH excluding ortho intramolecular Hbond substituents is 1. The highest BCUT2D eigenvalue weighted by atomic mass is 16.3. The number of hydrogen-bond acceptors (Lipinski definition) is 2. The summed E-state index contributed by atoms with van der Waals surface area (Å²) in [7, 11) is 0. The smallest absolute Gasteiger partial charge is 0.141 e. The largest absolute Gasteiger partial charge is 0.506 e. The van der Waals surface area contributed by atoms with Crippen molar-refractivity contribution >= 4 is 11.4 Å². The molecule has 2 nitrogen and oxygen atoms in total. The number of benzene rings is 1. The number of allylic oxidation sites excluding steroid dienone is 1. The van der Waals surface area contributed by atoms with Crippen molar-refractivity contribution in [3.63, 3.8) is 0 Å². The molecule has 0 heterocycles. The average molecular weight is 203 g/mol. The van der Waals surface area contributed by atoms with Gasteiger partial charge >= 0.3 is 0 Å². The molecule has 0 radical (unpaired) electrons. The van der Waals surface area contributed by atoms with E-state index in [9.17, 15) is 5.11 Å². The number of nitrogens with zero attached hydrogens (tertiary/aromatic N) is 1. The summed E-state index contributed by atoms with van der Waals surface area (Å²) in [6.45, 7) is 9.53. The summed E-state index contributed by atoms with van der Waals surface area (Å²) in [4.78, 5) is 4.34. The van der Waals surface area contributed by atoms with E-state index < -0.39 is 0 Å². The molecule has 0 fully saturated rings. The van der Waals surface area contributed by atoms with Gasteiger partial charge in [0.05, 0.1) is 0 Å². The van der Waals surface area contributed by atoms with E-state index in [1.807, 2.05) is 13.8 Å². The van der Waals surface area contributed by atoms with E-state index in [0.717, 1.165) is 23.3 Å². The number of aryl methyl sites for hydroxylation is 2. The Hall–Kier alpha value is -1.57. The Morgan fingerprint density at radius 1 is 1.53 bits per heavy atom. The Kier molecular flexibility index (Phi) is 3.67. The first-order valence-corrected chi connectivity index (χ1v) is 5.08. The quantitative estimate of drug-likeness (QED) is 0.749. The lowest BCUT2D eigenvalue weighted by Gasteiger charge is -2.07. The Balaban J connectivity index is 3.33. The molecule has 1 aromatic rings. The molecule has 0 spiro atoms. The lowest BCUT2D eigenvalue weighted by Crippen LogP contribution is -1.88. The van der Waals surface area contributed by atoms with Crippen LogP contribution in [0.4, 0.5) is 5.69 Å². The van der Waals surface area contributed by atoms with Crippen LogP contribution < -0.4 is 0 Å². The highest BCUT2D eigenvalue weighted by molar-refractivity contribution is 5.94. The predicted octanol–water partition coefficient (Wildman–Crippen LogP) is 3.54. The highest BCUT2D eigenvalue weighted by Crippen LogP contribution is 2.32. The molecular formula is C13H17NO. The van der Waals surface area contributed by atoms with E-state index in [2.05, 4.69) is 24.6 Å². The Bertz CT molecular complexity index is 405. The maximum absolute atomic E-state index is 9.81. The molecule has 2 heteroatoms. The number of aliphatic imine (C=N–C) groups is 1. The Morgan fingerprint density at radius 2 is 2.20 bits per heavy atom. The third-order valence-electron chi connectivity index (χ3n) is 2.28. The second kappa shape index (κ2) is 4.78. The molecule has 15 heavy (non-hydrogen) atoms. The van der Waals surface area contributed by atoms with Gasteiger partial charge in [0, 0.05) is 5.71 Å². The Morgan fingerprint density at radius 3 is 2.73 bits per heavy atom. The third-order valence-corrected chi connectivity index (χ3v) is 2.28. The second-order valence-corrected chi connectivity index (χ2v) is 3.60. The summed E-state index contributed by atoms with van der Waals surface area (Å²) in [5, 5.41) is 9.81. The van der Waals surface area contributed by atoms with Crippen molar-refractivity contribution in [2.45, 2.75) is 27.2 Å². The molecule has 0 aromatic heterocycles. The first-order valence-electron chi connectivity index (χ1n) is 5.08. The van der Waals surface area contributed by atoms with E-state index in [4.69, 9.17) is 0 Å². The zero-order valence-electron chi connectivity index (χ0n) is 9.54. The fourth-order valence-corrected chi connectivity index (χ4v) is 1.45. The number of phenols is 1. The van der Waals surface area contributed by atoms with Gasteiger partial charge in [0.1, 0.15) is 11.4 Å². The van der Waals surface area contributed by atoms with Crippen molar-refractivity contribution in [1.29, 1.82) is 0 Å². The summed E-state index contributed by atoms with van der Waals surface area (Å²) in [6, 6.07) is 3.78. The van der Waals surface area contributed by atoms with E-state index in [1.54, 1.807) is 12.1 Å². The van der Waals surface area contributed by atoms with Crippen LogP contribution in [0.2, 0.25) is 0 Å². The van der Waals surface area contributed by atoms with Gasteiger partial charge in [-0.25, -0.2) is 4.99 Å². The molecule has 0 saturated carbocycles. The van der Waals surface area contributed by atoms with Gasteiger partial charge in [-0.05, 0) is 43.5 Å². The van der Waals surface area contributed by atoms with Gasteiger partial charge in [-0.3, -0.25) is 0 Å². The first-order chi connectivity index (χ1) is 7.08. The first kappa shape index (κ1) is 11.5. The van der Waals surface area contributed by atoms with Gasteiger partial charge in [0.25, 0.3) is 0 Å². The Labute approximate surface area is 91.0 Å². The van der Waals surface area contributed by atoms with Crippen molar-refractivity contribution in [2.75, 3.05) is 0 Å². The number of rotatable bonds is 3. The molecular weight excluding hydrogens is 186 g/mol. The zero-order chi connectivity index (χ0) is 11.4. The minimum absolute atomic E-state index is 0.244. The summed E-state index contributed by atoms with van der Waals surface area (Å²) < 4.78 is 0. The molecule has 80 valence electrons. The van der Waals surface area contributed by atoms with Crippen LogP contribution in [-0.4, -0.2) is 10.8 Å². The molecule has 0 aliphatic rings. The SMILES string of the molecule is C=CC(C)=Nc1c(O)cc(C)cc1CC. The minimum atomic E-state index is 0.244. The number of hydrogen-bond donors (Lipinski definition) is 1. The lowest BCUT2D eigenvalue weighted by molar-refractivity contribution is 0.476. The summed E-state index contributed by atoms with van der Waals surface area (Å²) in [5.74, 6) is 0.244. The maximum Gasteiger partial charge on any atom is 0.141 e. The zero-order valence-corrected chi connectivity index (χ0v) is 9.54. The lowest BCUT2D eigenvalue weighted by atomic mass is 10.1. The van der Waals surface area contributed by atoms with E-state index in [0.29, 0.717) is 5.69 Å². The standard InChI is InChI=1S/C13H17NO/c1-5-10(4)14-13-11(6-2)7-9(3)8-12(13)15/h5,7-8,15H,1,6H2,2-4H3. The summed E-state index contributed by atoms with van der Waals surface area (Å²) >= 11 is 0. The van der Waals surface area contributed by atoms with Gasteiger partial charge in [-0.2, -0.15) is 0 Å². The predicted molar refractivity (Wildman–Crippen MR) is 65.2 cm³/mol. The van der Waals surface area contributed by atoms with Crippen LogP contribution in [0.15, 0.2) is 29.8 Å². The van der Waals surface area contributed by atoms with Gasteiger partial charge in [-0.15, -0.1) is 0 Å². The van der Waals surface area contributed by atoms with Crippen LogP contribution in [0, 0.1) is 6.92 Å². The van der Waals surface area contributed by atoms with Crippen molar-refractivity contribution in [2.24, 2.45) is 4.99 Å². The third kappa shape index (κ3) is 2.69. The van der Waals surface area contributed by atoms with E-state index in [-0.39, 0.29) is 5.75 Å². The summed E-state index contributed by atoms with van der Waals surface area (Å²) in [5.41, 5.74) is 3.60. The minimum Gasteiger partial charge on any atom is -0.506 e. The van der Waals surface area contributed by atoms with Crippen LogP contribution in [0.5, 0.6) is 5.75 Å². The topological polar surface area (TPSA) is 32.6 Å². The molecule has 0 amide bonds. The molecule has 0 aliphatic heterocycles. The van der Waals surface area contributed by atoms with Crippen molar-refractivity contribution in [1.82, 2.24) is 0 Å². The fourth-order valence-electron chi connectivity index (χ4n) is 1.45. The van der Waals surface area contributed by atoms with Gasteiger partial charge in [-0.1, -0.05) is 19.6 Å². The van der Waals surface area contributed by atoms with Crippen molar-refractivity contribution in [3.05, 3.63) is 35.9 Å². The molecule has 1 aromatic carbocycles. The molecule has 1 rings (SSSR count). The normalized spacial score (nSPS) is 11.5.